The second-order valence-corrected chi connectivity index (χ2v) is 4.55. The predicted octanol–water partition coefficient (Wildman–Crippen LogP) is 3.32. The molecule has 3 aromatic rings. The molecule has 3 nitrogen and oxygen atoms in total. The Hall–Kier alpha value is -1.75. The summed E-state index contributed by atoms with van der Waals surface area (Å²) in [7, 11) is 0. The molecule has 0 bridgehead atoms. The fourth-order valence-electron chi connectivity index (χ4n) is 1.65. The van der Waals surface area contributed by atoms with Gasteiger partial charge in [-0.2, -0.15) is 5.10 Å². The van der Waals surface area contributed by atoms with Gasteiger partial charge in [-0.15, -0.1) is 0 Å². The van der Waals surface area contributed by atoms with Crippen LogP contribution in [0.4, 0.5) is 4.39 Å². The smallest absolute Gasteiger partial charge is 0.143 e. The fourth-order valence-corrected chi connectivity index (χ4v) is 2.03. The number of pyridine rings is 1. The van der Waals surface area contributed by atoms with Crippen LogP contribution >= 0.6 is 15.9 Å². The highest BCUT2D eigenvalue weighted by Crippen LogP contribution is 2.20. The van der Waals surface area contributed by atoms with Gasteiger partial charge in [0.15, 0.2) is 0 Å². The molecule has 0 saturated heterocycles. The summed E-state index contributed by atoms with van der Waals surface area (Å²) in [5, 5.41) is 5.34. The minimum absolute atomic E-state index is 0.372. The van der Waals surface area contributed by atoms with E-state index in [0.29, 0.717) is 5.69 Å². The molecule has 0 aliphatic heterocycles. The van der Waals surface area contributed by atoms with Crippen LogP contribution in [0.1, 0.15) is 0 Å². The zero-order valence-electron chi connectivity index (χ0n) is 8.64. The van der Waals surface area contributed by atoms with Gasteiger partial charge in [0, 0.05) is 22.1 Å². The molecule has 0 atom stereocenters. The van der Waals surface area contributed by atoms with Crippen LogP contribution in [0.5, 0.6) is 0 Å². The first kappa shape index (κ1) is 10.4. The van der Waals surface area contributed by atoms with E-state index in [9.17, 15) is 4.39 Å². The second-order valence-electron chi connectivity index (χ2n) is 3.64. The van der Waals surface area contributed by atoms with Crippen molar-refractivity contribution in [3.63, 3.8) is 0 Å². The van der Waals surface area contributed by atoms with Crippen LogP contribution < -0.4 is 0 Å². The highest BCUT2D eigenvalue weighted by molar-refractivity contribution is 9.10. The largest absolute Gasteiger partial charge is 0.259 e. The van der Waals surface area contributed by atoms with E-state index in [1.807, 2.05) is 24.4 Å². The zero-order chi connectivity index (χ0) is 11.8. The monoisotopic (exact) mass is 291 g/mol. The molecule has 0 aliphatic carbocycles. The maximum atomic E-state index is 13.1. The van der Waals surface area contributed by atoms with Gasteiger partial charge >= 0.3 is 0 Å². The standard InChI is InChI=1S/C12H7BrFN3/c13-9-1-2-12-8(3-9)7-17(16-12)11-4-10(14)5-15-6-11/h1-7H. The Balaban J connectivity index is 2.18. The van der Waals surface area contributed by atoms with Crippen LogP contribution in [0.2, 0.25) is 0 Å². The van der Waals surface area contributed by atoms with Gasteiger partial charge in [-0.25, -0.2) is 9.07 Å². The van der Waals surface area contributed by atoms with Crippen molar-refractivity contribution in [3.05, 3.63) is 53.1 Å². The summed E-state index contributed by atoms with van der Waals surface area (Å²) in [5.41, 5.74) is 1.47. The molecule has 3 rings (SSSR count). The first-order chi connectivity index (χ1) is 8.22. The number of nitrogens with zero attached hydrogens (tertiary/aromatic N) is 3. The highest BCUT2D eigenvalue weighted by Gasteiger charge is 2.04. The van der Waals surface area contributed by atoms with E-state index in [2.05, 4.69) is 26.0 Å². The molecule has 0 amide bonds. The first-order valence-corrected chi connectivity index (χ1v) is 5.77. The van der Waals surface area contributed by atoms with Crippen molar-refractivity contribution in [1.82, 2.24) is 14.8 Å². The van der Waals surface area contributed by atoms with Crippen molar-refractivity contribution in [3.8, 4) is 5.69 Å². The van der Waals surface area contributed by atoms with Crippen molar-refractivity contribution >= 4 is 26.8 Å². The average Bonchev–Trinajstić information content (AvgIpc) is 2.72. The molecule has 84 valence electrons. The van der Waals surface area contributed by atoms with Gasteiger partial charge in [0.25, 0.3) is 0 Å². The average molecular weight is 292 g/mol. The number of fused-ring (bicyclic) bond motifs is 1. The van der Waals surface area contributed by atoms with Gasteiger partial charge in [-0.05, 0) is 18.2 Å². The Bertz CT molecular complexity index is 693. The molecule has 0 unspecified atom stereocenters. The lowest BCUT2D eigenvalue weighted by Gasteiger charge is -1.98. The molecule has 5 heteroatoms. The van der Waals surface area contributed by atoms with E-state index in [1.54, 1.807) is 10.9 Å². The Morgan fingerprint density at radius 1 is 1.18 bits per heavy atom. The maximum absolute atomic E-state index is 13.1. The summed E-state index contributed by atoms with van der Waals surface area (Å²) in [6.07, 6.45) is 4.59. The van der Waals surface area contributed by atoms with Crippen molar-refractivity contribution in [1.29, 1.82) is 0 Å². The molecule has 0 radical (unpaired) electrons. The molecule has 17 heavy (non-hydrogen) atoms. The number of benzene rings is 1. The third-order valence-electron chi connectivity index (χ3n) is 2.42. The van der Waals surface area contributed by atoms with Crippen molar-refractivity contribution < 1.29 is 4.39 Å². The van der Waals surface area contributed by atoms with Gasteiger partial charge in [0.1, 0.15) is 5.82 Å². The van der Waals surface area contributed by atoms with Crippen molar-refractivity contribution in [2.75, 3.05) is 0 Å². The van der Waals surface area contributed by atoms with E-state index in [-0.39, 0.29) is 5.82 Å². The highest BCUT2D eigenvalue weighted by atomic mass is 79.9. The van der Waals surface area contributed by atoms with Gasteiger partial charge < -0.3 is 0 Å². The molecule has 0 N–H and O–H groups in total. The molecule has 0 spiro atoms. The van der Waals surface area contributed by atoms with Crippen LogP contribution in [0.25, 0.3) is 16.6 Å². The van der Waals surface area contributed by atoms with Gasteiger partial charge in [-0.3, -0.25) is 4.98 Å². The number of hydrogen-bond acceptors (Lipinski definition) is 2. The minimum atomic E-state index is -0.372. The fraction of sp³-hybridized carbons (Fsp3) is 0. The quantitative estimate of drug-likeness (QED) is 0.689. The van der Waals surface area contributed by atoms with Gasteiger partial charge in [0.2, 0.25) is 0 Å². The lowest BCUT2D eigenvalue weighted by Crippen LogP contribution is -1.95. The molecular weight excluding hydrogens is 285 g/mol. The summed E-state index contributed by atoms with van der Waals surface area (Å²) in [4.78, 5) is 3.80. The normalized spacial score (nSPS) is 10.9. The summed E-state index contributed by atoms with van der Waals surface area (Å²) >= 11 is 3.40. The molecule has 0 saturated carbocycles. The summed E-state index contributed by atoms with van der Waals surface area (Å²) in [5.74, 6) is -0.372. The molecule has 2 aromatic heterocycles. The predicted molar refractivity (Wildman–Crippen MR) is 66.5 cm³/mol. The van der Waals surface area contributed by atoms with E-state index in [4.69, 9.17) is 0 Å². The second kappa shape index (κ2) is 3.92. The lowest BCUT2D eigenvalue weighted by atomic mass is 10.3. The third-order valence-corrected chi connectivity index (χ3v) is 2.91. The lowest BCUT2D eigenvalue weighted by molar-refractivity contribution is 0.618. The van der Waals surface area contributed by atoms with Crippen LogP contribution in [0, 0.1) is 5.82 Å². The zero-order valence-corrected chi connectivity index (χ0v) is 10.2. The molecular formula is C12H7BrFN3. The van der Waals surface area contributed by atoms with Crippen molar-refractivity contribution in [2.24, 2.45) is 0 Å². The Labute approximate surface area is 105 Å². The number of hydrogen-bond donors (Lipinski definition) is 0. The summed E-state index contributed by atoms with van der Waals surface area (Å²) < 4.78 is 15.7. The van der Waals surface area contributed by atoms with E-state index < -0.39 is 0 Å². The van der Waals surface area contributed by atoms with Crippen LogP contribution in [0.15, 0.2) is 47.3 Å². The molecule has 0 fully saturated rings. The van der Waals surface area contributed by atoms with Gasteiger partial charge in [0.05, 0.1) is 23.6 Å². The maximum Gasteiger partial charge on any atom is 0.143 e. The summed E-state index contributed by atoms with van der Waals surface area (Å²) in [6.45, 7) is 0. The van der Waals surface area contributed by atoms with Crippen molar-refractivity contribution in [2.45, 2.75) is 0 Å². The topological polar surface area (TPSA) is 30.7 Å². The van der Waals surface area contributed by atoms with Crippen LogP contribution in [-0.4, -0.2) is 14.8 Å². The number of aromatic nitrogens is 3. The van der Waals surface area contributed by atoms with Crippen LogP contribution in [-0.2, 0) is 0 Å². The number of rotatable bonds is 1. The first-order valence-electron chi connectivity index (χ1n) is 4.98. The third kappa shape index (κ3) is 1.93. The van der Waals surface area contributed by atoms with E-state index in [1.165, 1.54) is 12.3 Å². The number of halogens is 2. The Kier molecular flexibility index (Phi) is 2.40. The van der Waals surface area contributed by atoms with E-state index in [0.717, 1.165) is 15.4 Å². The molecule has 1 aromatic carbocycles. The van der Waals surface area contributed by atoms with E-state index >= 15 is 0 Å². The Morgan fingerprint density at radius 2 is 2.06 bits per heavy atom. The Morgan fingerprint density at radius 3 is 2.88 bits per heavy atom. The van der Waals surface area contributed by atoms with Gasteiger partial charge in [-0.1, -0.05) is 15.9 Å². The summed E-state index contributed by atoms with van der Waals surface area (Å²) in [6, 6.07) is 7.19. The molecule has 0 aliphatic rings. The SMILES string of the molecule is Fc1cncc(-n2cc3cc(Br)ccc3n2)c1. The van der Waals surface area contributed by atoms with Crippen LogP contribution in [0.3, 0.4) is 0 Å². The molecule has 2 heterocycles. The minimum Gasteiger partial charge on any atom is -0.259 e.